The molecule has 0 unspecified atom stereocenters. The molecule has 0 amide bonds. The molecular weight excluding hydrogens is 328 g/mol. The van der Waals surface area contributed by atoms with Crippen LogP contribution < -0.4 is 0 Å². The Morgan fingerprint density at radius 2 is 1.55 bits per heavy atom. The summed E-state index contributed by atoms with van der Waals surface area (Å²) in [5, 5.41) is -0.185. The maximum absolute atomic E-state index is 12.2. The Morgan fingerprint density at radius 1 is 1.05 bits per heavy atom. The van der Waals surface area contributed by atoms with Crippen molar-refractivity contribution in [1.29, 1.82) is 0 Å². The Labute approximate surface area is 128 Å². The first-order valence-electron chi connectivity index (χ1n) is 6.85. The van der Waals surface area contributed by atoms with Gasteiger partial charge in [-0.2, -0.15) is 26.3 Å². The maximum atomic E-state index is 12.2. The van der Waals surface area contributed by atoms with Crippen LogP contribution in [-0.2, 0) is 4.43 Å². The predicted molar refractivity (Wildman–Crippen MR) is 76.8 cm³/mol. The van der Waals surface area contributed by atoms with Gasteiger partial charge in [0.25, 0.3) is 0 Å². The maximum Gasteiger partial charge on any atom is 0.426 e. The molecule has 0 saturated heterocycles. The number of alkyl halides is 6. The normalized spacial score (nSPS) is 16.3. The van der Waals surface area contributed by atoms with Crippen molar-refractivity contribution < 1.29 is 30.8 Å². The molecule has 132 valence electrons. The smallest absolute Gasteiger partial charge is 0.415 e. The number of hydrogen-bond donors (Lipinski definition) is 0. The Balaban J connectivity index is 4.83. The van der Waals surface area contributed by atoms with Crippen molar-refractivity contribution in [3.63, 3.8) is 0 Å². The van der Waals surface area contributed by atoms with E-state index in [0.29, 0.717) is 0 Å². The summed E-state index contributed by atoms with van der Waals surface area (Å²) in [4.78, 5) is 3.23. The van der Waals surface area contributed by atoms with E-state index < -0.39 is 39.6 Å². The van der Waals surface area contributed by atoms with Crippen molar-refractivity contribution >= 4 is 14.5 Å². The van der Waals surface area contributed by atoms with Crippen LogP contribution in [0.15, 0.2) is 4.99 Å². The first-order valence-corrected chi connectivity index (χ1v) is 9.76. The molecule has 0 spiro atoms. The van der Waals surface area contributed by atoms with E-state index in [0.717, 1.165) is 0 Å². The molecule has 0 fully saturated rings. The van der Waals surface area contributed by atoms with Crippen LogP contribution in [0.4, 0.5) is 26.3 Å². The summed E-state index contributed by atoms with van der Waals surface area (Å²) in [6.07, 6.45) is -11.0. The number of nitrogens with zero attached hydrogens (tertiary/aromatic N) is 1. The van der Waals surface area contributed by atoms with Crippen molar-refractivity contribution in [2.75, 3.05) is 6.61 Å². The van der Waals surface area contributed by atoms with Gasteiger partial charge in [0.15, 0.2) is 8.32 Å². The molecule has 22 heavy (non-hydrogen) atoms. The second-order valence-electron chi connectivity index (χ2n) is 6.70. The van der Waals surface area contributed by atoms with Gasteiger partial charge in [-0.25, -0.2) is 0 Å². The van der Waals surface area contributed by atoms with Crippen LogP contribution in [0.2, 0.25) is 18.1 Å². The van der Waals surface area contributed by atoms with Gasteiger partial charge in [-0.15, -0.1) is 0 Å². The quantitative estimate of drug-likeness (QED) is 0.359. The van der Waals surface area contributed by atoms with Crippen LogP contribution >= 0.6 is 0 Å². The summed E-state index contributed by atoms with van der Waals surface area (Å²) >= 11 is 0. The molecule has 0 N–H and O–H groups in total. The van der Waals surface area contributed by atoms with Gasteiger partial charge in [0.1, 0.15) is 6.21 Å². The SMILES string of the molecule is CC(C)(C)[Si](C)(C)OC[C@H](CCC(F)(F)F)N=CC(F)(F)F. The monoisotopic (exact) mass is 351 g/mol. The second-order valence-corrected chi connectivity index (χ2v) is 11.5. The minimum Gasteiger partial charge on any atom is -0.415 e. The summed E-state index contributed by atoms with van der Waals surface area (Å²) in [6.45, 7) is 9.32. The molecule has 0 aliphatic heterocycles. The molecule has 0 saturated carbocycles. The first-order chi connectivity index (χ1) is 9.54. The topological polar surface area (TPSA) is 21.6 Å². The standard InChI is InChI=1S/C13H23F6NOSi/c1-11(2,3)22(4,5)21-8-10(6-7-12(14,15)16)20-9-13(17,18)19/h9-10H,6-8H2,1-5H3/t10-/m0/s1. The lowest BCUT2D eigenvalue weighted by Crippen LogP contribution is -2.42. The zero-order valence-corrected chi connectivity index (χ0v) is 14.4. The summed E-state index contributed by atoms with van der Waals surface area (Å²) in [6, 6.07) is -1.16. The van der Waals surface area contributed by atoms with E-state index in [4.69, 9.17) is 4.43 Å². The average Bonchev–Trinajstić information content (AvgIpc) is 2.23. The van der Waals surface area contributed by atoms with Crippen molar-refractivity contribution in [2.24, 2.45) is 4.99 Å². The summed E-state index contributed by atoms with van der Waals surface area (Å²) < 4.78 is 78.9. The Hall–Kier alpha value is -0.573. The molecule has 2 nitrogen and oxygen atoms in total. The Kier molecular flexibility index (Phi) is 7.14. The molecule has 0 rings (SSSR count). The lowest BCUT2D eigenvalue weighted by molar-refractivity contribution is -0.136. The van der Waals surface area contributed by atoms with Gasteiger partial charge in [-0.3, -0.25) is 4.99 Å². The van der Waals surface area contributed by atoms with Crippen LogP contribution in [-0.4, -0.2) is 39.5 Å². The fraction of sp³-hybridized carbons (Fsp3) is 0.923. The third-order valence-corrected chi connectivity index (χ3v) is 8.14. The van der Waals surface area contributed by atoms with Gasteiger partial charge < -0.3 is 4.43 Å². The molecule has 0 radical (unpaired) electrons. The van der Waals surface area contributed by atoms with Crippen LogP contribution in [0.5, 0.6) is 0 Å². The van der Waals surface area contributed by atoms with Crippen LogP contribution in [0, 0.1) is 0 Å². The van der Waals surface area contributed by atoms with E-state index in [1.54, 1.807) is 0 Å². The van der Waals surface area contributed by atoms with E-state index in [9.17, 15) is 26.3 Å². The number of hydrogen-bond acceptors (Lipinski definition) is 2. The van der Waals surface area contributed by atoms with Crippen LogP contribution in [0.1, 0.15) is 33.6 Å². The van der Waals surface area contributed by atoms with Crippen molar-refractivity contribution in [3.8, 4) is 0 Å². The van der Waals surface area contributed by atoms with Crippen LogP contribution in [0.3, 0.4) is 0 Å². The summed E-state index contributed by atoms with van der Waals surface area (Å²) in [5.41, 5.74) is 0. The van der Waals surface area contributed by atoms with Crippen molar-refractivity contribution in [3.05, 3.63) is 0 Å². The molecule has 0 aliphatic carbocycles. The van der Waals surface area contributed by atoms with E-state index in [1.165, 1.54) is 0 Å². The van der Waals surface area contributed by atoms with E-state index in [2.05, 4.69) is 4.99 Å². The number of rotatable bonds is 6. The van der Waals surface area contributed by atoms with Crippen LogP contribution in [0.25, 0.3) is 0 Å². The van der Waals surface area contributed by atoms with Crippen molar-refractivity contribution in [2.45, 2.75) is 70.1 Å². The number of halogens is 6. The molecular formula is C13H23F6NOSi. The molecule has 0 heterocycles. The van der Waals surface area contributed by atoms with Gasteiger partial charge in [0.05, 0.1) is 12.6 Å². The van der Waals surface area contributed by atoms with E-state index >= 15 is 0 Å². The lowest BCUT2D eigenvalue weighted by Gasteiger charge is -2.37. The summed E-state index contributed by atoms with van der Waals surface area (Å²) in [5.74, 6) is 0. The van der Waals surface area contributed by atoms with Gasteiger partial charge in [-0.1, -0.05) is 20.8 Å². The zero-order chi connectivity index (χ0) is 17.8. The highest BCUT2D eigenvalue weighted by molar-refractivity contribution is 6.74. The van der Waals surface area contributed by atoms with E-state index in [1.807, 2.05) is 33.9 Å². The van der Waals surface area contributed by atoms with Gasteiger partial charge in [-0.05, 0) is 24.6 Å². The average molecular weight is 351 g/mol. The highest BCUT2D eigenvalue weighted by atomic mass is 28.4. The van der Waals surface area contributed by atoms with Gasteiger partial charge in [0, 0.05) is 6.42 Å². The highest BCUT2D eigenvalue weighted by Crippen LogP contribution is 2.37. The Morgan fingerprint density at radius 3 is 1.91 bits per heavy atom. The van der Waals surface area contributed by atoms with Crippen molar-refractivity contribution in [1.82, 2.24) is 0 Å². The number of aliphatic imine (C=N–C) groups is 1. The largest absolute Gasteiger partial charge is 0.426 e. The Bertz CT molecular complexity index is 370. The molecule has 9 heteroatoms. The fourth-order valence-corrected chi connectivity index (χ4v) is 2.28. The second kappa shape index (κ2) is 7.33. The minimum atomic E-state index is -4.65. The third kappa shape index (κ3) is 9.45. The summed E-state index contributed by atoms with van der Waals surface area (Å²) in [7, 11) is -2.25. The lowest BCUT2D eigenvalue weighted by atomic mass is 10.2. The van der Waals surface area contributed by atoms with Gasteiger partial charge >= 0.3 is 12.4 Å². The third-order valence-electron chi connectivity index (χ3n) is 3.64. The fourth-order valence-electron chi connectivity index (χ4n) is 1.24. The highest BCUT2D eigenvalue weighted by Gasteiger charge is 2.38. The molecule has 0 aromatic rings. The molecule has 0 aromatic carbocycles. The minimum absolute atomic E-state index is 0.185. The zero-order valence-electron chi connectivity index (χ0n) is 13.4. The first kappa shape index (κ1) is 21.4. The molecule has 0 bridgehead atoms. The molecule has 1 atom stereocenters. The molecule has 0 aromatic heterocycles. The van der Waals surface area contributed by atoms with Gasteiger partial charge in [0.2, 0.25) is 0 Å². The molecule has 0 aliphatic rings. The van der Waals surface area contributed by atoms with E-state index in [-0.39, 0.29) is 17.9 Å². The predicted octanol–water partition coefficient (Wildman–Crippen LogP) is 5.35.